The molecule has 33 heavy (non-hydrogen) atoms. The van der Waals surface area contributed by atoms with Crippen molar-refractivity contribution < 1.29 is 37.1 Å². The van der Waals surface area contributed by atoms with Gasteiger partial charge >= 0.3 is 12.3 Å². The molecule has 0 aliphatic heterocycles. The van der Waals surface area contributed by atoms with Crippen molar-refractivity contribution in [1.29, 1.82) is 0 Å². The van der Waals surface area contributed by atoms with E-state index in [0.717, 1.165) is 0 Å². The summed E-state index contributed by atoms with van der Waals surface area (Å²) in [6.07, 6.45) is -4.84. The van der Waals surface area contributed by atoms with E-state index in [2.05, 4.69) is 31.0 Å². The number of esters is 1. The number of carbonyl (C=O) groups excluding carboxylic acids is 1. The van der Waals surface area contributed by atoms with Crippen LogP contribution in [0.3, 0.4) is 0 Å². The molecule has 11 heteroatoms. The monoisotopic (exact) mass is 532 g/mol. The Hall–Kier alpha value is -3.08. The van der Waals surface area contributed by atoms with Crippen molar-refractivity contribution in [2.24, 2.45) is 10.3 Å². The molecule has 180 valence electrons. The normalized spacial score (nSPS) is 11.8. The molecule has 0 atom stereocenters. The number of hydrogen-bond acceptors (Lipinski definition) is 7. The van der Waals surface area contributed by atoms with Crippen LogP contribution < -0.4 is 4.74 Å². The summed E-state index contributed by atoms with van der Waals surface area (Å²) in [6.45, 7) is 5.35. The number of para-hydroxylation sites is 1. The van der Waals surface area contributed by atoms with Gasteiger partial charge in [0.25, 0.3) is 0 Å². The Balaban J connectivity index is 0.00000265. The lowest BCUT2D eigenvalue weighted by Gasteiger charge is -2.13. The summed E-state index contributed by atoms with van der Waals surface area (Å²) in [5.41, 5.74) is 1.06. The van der Waals surface area contributed by atoms with Crippen LogP contribution in [0.15, 0.2) is 57.2 Å². The molecular formula is C22H24BrF3N2O5. The first-order valence-electron chi connectivity index (χ1n) is 9.66. The summed E-state index contributed by atoms with van der Waals surface area (Å²) in [7, 11) is 2.49. The first kappa shape index (κ1) is 28.0. The van der Waals surface area contributed by atoms with Gasteiger partial charge < -0.3 is 19.1 Å². The van der Waals surface area contributed by atoms with Gasteiger partial charge in [-0.3, -0.25) is 0 Å². The Morgan fingerprint density at radius 1 is 1.00 bits per heavy atom. The number of nitrogens with zero attached hydrogens (tertiary/aromatic N) is 2. The highest BCUT2D eigenvalue weighted by atomic mass is 79.9. The van der Waals surface area contributed by atoms with Crippen molar-refractivity contribution in [3.63, 3.8) is 0 Å². The summed E-state index contributed by atoms with van der Waals surface area (Å²) in [4.78, 5) is 22.1. The SMILES string of the molecule is CC.CO/N=C(/C(=O)OC)c1cccc(Br)c1CO/N=C(\C)c1ccccc1OC(F)(F)F. The second-order valence-electron chi connectivity index (χ2n) is 5.87. The van der Waals surface area contributed by atoms with E-state index in [1.807, 2.05) is 13.8 Å². The number of rotatable bonds is 8. The predicted octanol–water partition coefficient (Wildman–Crippen LogP) is 5.84. The molecule has 0 unspecified atom stereocenters. The third kappa shape index (κ3) is 8.41. The van der Waals surface area contributed by atoms with E-state index < -0.39 is 18.1 Å². The first-order chi connectivity index (χ1) is 15.7. The molecule has 0 aliphatic rings. The molecule has 0 saturated carbocycles. The molecule has 0 N–H and O–H groups in total. The van der Waals surface area contributed by atoms with Crippen molar-refractivity contribution in [2.45, 2.75) is 33.7 Å². The van der Waals surface area contributed by atoms with Gasteiger partial charge in [0.2, 0.25) is 0 Å². The number of halogens is 4. The van der Waals surface area contributed by atoms with Gasteiger partial charge in [-0.15, -0.1) is 13.2 Å². The largest absolute Gasteiger partial charge is 0.573 e. The summed E-state index contributed by atoms with van der Waals surface area (Å²) < 4.78 is 47.2. The summed E-state index contributed by atoms with van der Waals surface area (Å²) in [5.74, 6) is -1.12. The van der Waals surface area contributed by atoms with Crippen LogP contribution >= 0.6 is 15.9 Å². The zero-order valence-corrected chi connectivity index (χ0v) is 20.3. The molecule has 0 fully saturated rings. The van der Waals surface area contributed by atoms with Crippen LogP contribution in [-0.2, 0) is 25.8 Å². The van der Waals surface area contributed by atoms with Gasteiger partial charge in [-0.25, -0.2) is 4.79 Å². The van der Waals surface area contributed by atoms with E-state index in [4.69, 9.17) is 14.4 Å². The van der Waals surface area contributed by atoms with Crippen LogP contribution in [0.1, 0.15) is 37.5 Å². The lowest BCUT2D eigenvalue weighted by atomic mass is 10.0. The third-order valence-corrected chi connectivity index (χ3v) is 4.59. The van der Waals surface area contributed by atoms with Crippen molar-refractivity contribution in [3.05, 3.63) is 63.6 Å². The average molecular weight is 533 g/mol. The lowest BCUT2D eigenvalue weighted by molar-refractivity contribution is -0.274. The fraction of sp³-hybridized carbons (Fsp3) is 0.318. The Bertz CT molecular complexity index is 994. The van der Waals surface area contributed by atoms with E-state index in [0.29, 0.717) is 15.6 Å². The van der Waals surface area contributed by atoms with Crippen molar-refractivity contribution in [3.8, 4) is 5.75 Å². The number of oxime groups is 2. The summed E-state index contributed by atoms with van der Waals surface area (Å²) in [6, 6.07) is 10.6. The van der Waals surface area contributed by atoms with Gasteiger partial charge in [0, 0.05) is 21.2 Å². The minimum Gasteiger partial charge on any atom is -0.464 e. The van der Waals surface area contributed by atoms with E-state index >= 15 is 0 Å². The highest BCUT2D eigenvalue weighted by molar-refractivity contribution is 9.10. The Morgan fingerprint density at radius 2 is 1.64 bits per heavy atom. The minimum absolute atomic E-state index is 0.0884. The first-order valence-corrected chi connectivity index (χ1v) is 10.5. The molecule has 0 aliphatic carbocycles. The lowest BCUT2D eigenvalue weighted by Crippen LogP contribution is -2.20. The Kier molecular flexibility index (Phi) is 11.4. The molecule has 0 radical (unpaired) electrons. The highest BCUT2D eigenvalue weighted by Crippen LogP contribution is 2.27. The minimum atomic E-state index is -4.84. The summed E-state index contributed by atoms with van der Waals surface area (Å²) in [5, 5.41) is 7.60. The van der Waals surface area contributed by atoms with Crippen LogP contribution in [0.25, 0.3) is 0 Å². The smallest absolute Gasteiger partial charge is 0.464 e. The molecule has 0 heterocycles. The quantitative estimate of drug-likeness (QED) is 0.242. The van der Waals surface area contributed by atoms with Crippen LogP contribution in [0.5, 0.6) is 5.75 Å². The second kappa shape index (κ2) is 13.5. The fourth-order valence-electron chi connectivity index (χ4n) is 2.53. The standard InChI is InChI=1S/C20H18BrF3N2O5.C2H6/c1-12(13-7-4-5-10-17(13)31-20(22,23)24)25-30-11-15-14(8-6-9-16(15)21)18(26-29-3)19(27)28-2;1-2/h4-10H,11H2,1-3H3;1-2H3/b25-12+,26-18+;. The Labute approximate surface area is 198 Å². The molecule has 0 amide bonds. The van der Waals surface area contributed by atoms with Gasteiger partial charge in [0.05, 0.1) is 12.8 Å². The molecule has 0 aromatic heterocycles. The van der Waals surface area contributed by atoms with Gasteiger partial charge in [0.15, 0.2) is 5.71 Å². The molecule has 7 nitrogen and oxygen atoms in total. The third-order valence-electron chi connectivity index (χ3n) is 3.85. The van der Waals surface area contributed by atoms with E-state index in [1.165, 1.54) is 39.3 Å². The zero-order valence-electron chi connectivity index (χ0n) is 18.7. The number of methoxy groups -OCH3 is 1. The van der Waals surface area contributed by atoms with Gasteiger partial charge in [-0.2, -0.15) is 0 Å². The maximum absolute atomic E-state index is 12.6. The molecular weight excluding hydrogens is 509 g/mol. The van der Waals surface area contributed by atoms with Crippen LogP contribution in [0.2, 0.25) is 0 Å². The van der Waals surface area contributed by atoms with E-state index in [9.17, 15) is 18.0 Å². The number of ether oxygens (including phenoxy) is 2. The topological polar surface area (TPSA) is 78.7 Å². The zero-order chi connectivity index (χ0) is 25.0. The van der Waals surface area contributed by atoms with Crippen molar-refractivity contribution >= 4 is 33.3 Å². The fourth-order valence-corrected chi connectivity index (χ4v) is 3.01. The molecule has 2 rings (SSSR count). The molecule has 2 aromatic rings. The van der Waals surface area contributed by atoms with E-state index in [1.54, 1.807) is 24.3 Å². The second-order valence-corrected chi connectivity index (χ2v) is 6.73. The van der Waals surface area contributed by atoms with Gasteiger partial charge in [0.1, 0.15) is 19.5 Å². The van der Waals surface area contributed by atoms with Gasteiger partial charge in [-0.05, 0) is 25.1 Å². The number of alkyl halides is 3. The highest BCUT2D eigenvalue weighted by Gasteiger charge is 2.32. The molecule has 2 aromatic carbocycles. The van der Waals surface area contributed by atoms with Crippen LogP contribution in [0.4, 0.5) is 13.2 Å². The molecule has 0 spiro atoms. The number of carbonyl (C=O) groups is 1. The van der Waals surface area contributed by atoms with E-state index in [-0.39, 0.29) is 23.6 Å². The maximum atomic E-state index is 12.6. The molecule has 0 bridgehead atoms. The number of benzene rings is 2. The van der Waals surface area contributed by atoms with Crippen LogP contribution in [0, 0.1) is 0 Å². The van der Waals surface area contributed by atoms with Crippen molar-refractivity contribution in [2.75, 3.05) is 14.2 Å². The van der Waals surface area contributed by atoms with Crippen LogP contribution in [-0.4, -0.2) is 38.0 Å². The average Bonchev–Trinajstić information content (AvgIpc) is 2.78. The maximum Gasteiger partial charge on any atom is 0.573 e. The summed E-state index contributed by atoms with van der Waals surface area (Å²) >= 11 is 3.37. The van der Waals surface area contributed by atoms with Crippen molar-refractivity contribution in [1.82, 2.24) is 0 Å². The number of hydrogen-bond donors (Lipinski definition) is 0. The predicted molar refractivity (Wildman–Crippen MR) is 121 cm³/mol. The Morgan fingerprint density at radius 3 is 2.24 bits per heavy atom. The van der Waals surface area contributed by atoms with Gasteiger partial charge in [-0.1, -0.05) is 64.4 Å². The molecule has 0 saturated heterocycles.